The van der Waals surface area contributed by atoms with Crippen molar-refractivity contribution >= 4 is 22.6 Å². The number of fused-ring (bicyclic) bond motifs is 2. The summed E-state index contributed by atoms with van der Waals surface area (Å²) >= 11 is 6.12. The molecule has 142 valence electrons. The molecule has 1 unspecified atom stereocenters. The van der Waals surface area contributed by atoms with Crippen molar-refractivity contribution in [1.29, 1.82) is 0 Å². The summed E-state index contributed by atoms with van der Waals surface area (Å²) in [5.74, 6) is 2.24. The molecule has 0 bridgehead atoms. The van der Waals surface area contributed by atoms with Crippen LogP contribution in [0.25, 0.3) is 11.0 Å². The third kappa shape index (κ3) is 3.88. The molecule has 0 amide bonds. The first kappa shape index (κ1) is 18.1. The SMILES string of the molecule is Cc1nc2cc3c(cc2n1CC(O)COCc1ccccc1Cl)OCCO3. The molecule has 0 saturated carbocycles. The highest BCUT2D eigenvalue weighted by Gasteiger charge is 2.18. The summed E-state index contributed by atoms with van der Waals surface area (Å²) in [6, 6.07) is 11.3. The minimum absolute atomic E-state index is 0.203. The second kappa shape index (κ2) is 7.76. The highest BCUT2D eigenvalue weighted by atomic mass is 35.5. The predicted octanol–water partition coefficient (Wildman–Crippen LogP) is 3.35. The Balaban J connectivity index is 1.44. The lowest BCUT2D eigenvalue weighted by Crippen LogP contribution is -2.22. The van der Waals surface area contributed by atoms with Crippen molar-refractivity contribution in [1.82, 2.24) is 9.55 Å². The summed E-state index contributed by atoms with van der Waals surface area (Å²) in [6.07, 6.45) is -0.670. The van der Waals surface area contributed by atoms with E-state index in [9.17, 15) is 5.11 Å². The van der Waals surface area contributed by atoms with E-state index in [2.05, 4.69) is 4.98 Å². The molecule has 4 rings (SSSR count). The van der Waals surface area contributed by atoms with E-state index in [0.717, 1.165) is 22.4 Å². The van der Waals surface area contributed by atoms with Gasteiger partial charge in [-0.15, -0.1) is 0 Å². The van der Waals surface area contributed by atoms with Gasteiger partial charge in [-0.25, -0.2) is 4.98 Å². The van der Waals surface area contributed by atoms with E-state index in [0.29, 0.717) is 42.9 Å². The van der Waals surface area contributed by atoms with Gasteiger partial charge in [-0.1, -0.05) is 29.8 Å². The summed E-state index contributed by atoms with van der Waals surface area (Å²) < 4.78 is 18.9. The van der Waals surface area contributed by atoms with Crippen LogP contribution in [0.5, 0.6) is 11.5 Å². The van der Waals surface area contributed by atoms with Gasteiger partial charge in [0.15, 0.2) is 11.5 Å². The van der Waals surface area contributed by atoms with Gasteiger partial charge in [0.1, 0.15) is 19.0 Å². The van der Waals surface area contributed by atoms with Gasteiger partial charge in [0.05, 0.1) is 36.9 Å². The molecule has 6 nitrogen and oxygen atoms in total. The Morgan fingerprint density at radius 2 is 1.96 bits per heavy atom. The standard InChI is InChI=1S/C20H21ClN2O4/c1-13-22-17-8-19-20(27-7-6-26-19)9-18(17)23(13)10-15(24)12-25-11-14-4-2-3-5-16(14)21/h2-5,8-9,15,24H,6-7,10-12H2,1H3. The Hall–Kier alpha value is -2.28. The number of hydrogen-bond donors (Lipinski definition) is 1. The maximum absolute atomic E-state index is 10.4. The van der Waals surface area contributed by atoms with Crippen molar-refractivity contribution in [2.24, 2.45) is 0 Å². The molecular weight excluding hydrogens is 368 g/mol. The number of nitrogens with zero attached hydrogens (tertiary/aromatic N) is 2. The number of rotatable bonds is 6. The third-order valence-electron chi connectivity index (χ3n) is 4.52. The van der Waals surface area contributed by atoms with Gasteiger partial charge in [0.2, 0.25) is 0 Å². The number of aryl methyl sites for hydroxylation is 1. The Labute approximate surface area is 162 Å². The van der Waals surface area contributed by atoms with Gasteiger partial charge in [0.25, 0.3) is 0 Å². The molecule has 3 aromatic rings. The van der Waals surface area contributed by atoms with Crippen LogP contribution in [-0.4, -0.2) is 40.6 Å². The quantitative estimate of drug-likeness (QED) is 0.701. The molecule has 0 radical (unpaired) electrons. The highest BCUT2D eigenvalue weighted by molar-refractivity contribution is 6.31. The smallest absolute Gasteiger partial charge is 0.163 e. The molecule has 0 spiro atoms. The largest absolute Gasteiger partial charge is 0.486 e. The van der Waals surface area contributed by atoms with Gasteiger partial charge >= 0.3 is 0 Å². The van der Waals surface area contributed by atoms with Crippen molar-refractivity contribution < 1.29 is 19.3 Å². The zero-order valence-electron chi connectivity index (χ0n) is 15.0. The van der Waals surface area contributed by atoms with E-state index < -0.39 is 6.10 Å². The fourth-order valence-electron chi connectivity index (χ4n) is 3.20. The monoisotopic (exact) mass is 388 g/mol. The van der Waals surface area contributed by atoms with Gasteiger partial charge in [-0.2, -0.15) is 0 Å². The summed E-state index contributed by atoms with van der Waals surface area (Å²) in [5.41, 5.74) is 2.63. The van der Waals surface area contributed by atoms with Crippen LogP contribution in [0.15, 0.2) is 36.4 Å². The summed E-state index contributed by atoms with van der Waals surface area (Å²) in [6.45, 7) is 3.93. The normalized spacial score (nSPS) is 14.5. The number of imidazole rings is 1. The maximum atomic E-state index is 10.4. The maximum Gasteiger partial charge on any atom is 0.163 e. The fourth-order valence-corrected chi connectivity index (χ4v) is 3.39. The Kier molecular flexibility index (Phi) is 5.20. The highest BCUT2D eigenvalue weighted by Crippen LogP contribution is 2.34. The van der Waals surface area contributed by atoms with Crippen LogP contribution in [-0.2, 0) is 17.9 Å². The average molecular weight is 389 g/mol. The summed E-state index contributed by atoms with van der Waals surface area (Å²) in [4.78, 5) is 4.57. The van der Waals surface area contributed by atoms with Gasteiger partial charge in [-0.05, 0) is 18.6 Å². The van der Waals surface area contributed by atoms with Crippen molar-refractivity contribution in [2.45, 2.75) is 26.2 Å². The van der Waals surface area contributed by atoms with Crippen LogP contribution in [0.1, 0.15) is 11.4 Å². The lowest BCUT2D eigenvalue weighted by atomic mass is 10.2. The Morgan fingerprint density at radius 1 is 1.22 bits per heavy atom. The predicted molar refractivity (Wildman–Crippen MR) is 103 cm³/mol. The topological polar surface area (TPSA) is 65.7 Å². The number of ether oxygens (including phenoxy) is 3. The van der Waals surface area contributed by atoms with E-state index >= 15 is 0 Å². The lowest BCUT2D eigenvalue weighted by molar-refractivity contribution is 0.0206. The van der Waals surface area contributed by atoms with Crippen LogP contribution >= 0.6 is 11.6 Å². The first-order valence-corrected chi connectivity index (χ1v) is 9.25. The molecule has 0 aliphatic carbocycles. The Morgan fingerprint density at radius 3 is 2.74 bits per heavy atom. The number of aliphatic hydroxyl groups excluding tert-OH is 1. The molecule has 1 aliphatic heterocycles. The third-order valence-corrected chi connectivity index (χ3v) is 4.89. The summed E-state index contributed by atoms with van der Waals surface area (Å²) in [7, 11) is 0. The van der Waals surface area contributed by atoms with Gasteiger partial charge in [0, 0.05) is 17.2 Å². The molecule has 1 atom stereocenters. The van der Waals surface area contributed by atoms with E-state index in [1.54, 1.807) is 0 Å². The minimum Gasteiger partial charge on any atom is -0.486 e. The van der Waals surface area contributed by atoms with Crippen LogP contribution in [0.3, 0.4) is 0 Å². The molecule has 1 aromatic heterocycles. The number of aromatic nitrogens is 2. The lowest BCUT2D eigenvalue weighted by Gasteiger charge is -2.19. The molecule has 7 heteroatoms. The van der Waals surface area contributed by atoms with Crippen molar-refractivity contribution in [3.05, 3.63) is 52.8 Å². The molecule has 0 saturated heterocycles. The molecular formula is C20H21ClN2O4. The second-order valence-electron chi connectivity index (χ2n) is 6.51. The van der Waals surface area contributed by atoms with Gasteiger partial charge < -0.3 is 23.9 Å². The molecule has 2 heterocycles. The zero-order chi connectivity index (χ0) is 18.8. The van der Waals surface area contributed by atoms with Crippen LogP contribution in [0.2, 0.25) is 5.02 Å². The summed E-state index contributed by atoms with van der Waals surface area (Å²) in [5, 5.41) is 11.1. The van der Waals surface area contributed by atoms with Crippen LogP contribution in [0, 0.1) is 6.92 Å². The molecule has 27 heavy (non-hydrogen) atoms. The van der Waals surface area contributed by atoms with Crippen molar-refractivity contribution in [2.75, 3.05) is 19.8 Å². The van der Waals surface area contributed by atoms with E-state index in [1.165, 1.54) is 0 Å². The average Bonchev–Trinajstić information content (AvgIpc) is 2.96. The molecule has 2 aromatic carbocycles. The fraction of sp³-hybridized carbons (Fsp3) is 0.350. The Bertz CT molecular complexity index is 957. The van der Waals surface area contributed by atoms with Crippen molar-refractivity contribution in [3.63, 3.8) is 0 Å². The van der Waals surface area contributed by atoms with E-state index in [1.807, 2.05) is 47.9 Å². The number of benzene rings is 2. The van der Waals surface area contributed by atoms with Crippen LogP contribution in [0.4, 0.5) is 0 Å². The van der Waals surface area contributed by atoms with Gasteiger partial charge in [-0.3, -0.25) is 0 Å². The number of aliphatic hydroxyl groups is 1. The minimum atomic E-state index is -0.670. The zero-order valence-corrected chi connectivity index (χ0v) is 15.8. The van der Waals surface area contributed by atoms with Crippen LogP contribution < -0.4 is 9.47 Å². The van der Waals surface area contributed by atoms with E-state index in [-0.39, 0.29) is 6.61 Å². The molecule has 0 fully saturated rings. The van der Waals surface area contributed by atoms with E-state index in [4.69, 9.17) is 25.8 Å². The second-order valence-corrected chi connectivity index (χ2v) is 6.92. The number of hydrogen-bond acceptors (Lipinski definition) is 5. The number of halogens is 1. The first-order valence-electron chi connectivity index (χ1n) is 8.87. The molecule has 1 aliphatic rings. The first-order chi connectivity index (χ1) is 13.1. The molecule has 1 N–H and O–H groups in total. The van der Waals surface area contributed by atoms with Crippen molar-refractivity contribution in [3.8, 4) is 11.5 Å².